The normalized spacial score (nSPS) is 12.1. The molecule has 0 radical (unpaired) electrons. The molecule has 0 saturated heterocycles. The first-order chi connectivity index (χ1) is 8.40. The fourth-order valence-electron chi connectivity index (χ4n) is 1.97. The monoisotopic (exact) mass is 267 g/mol. The number of nitrogens with two attached hydrogens (primary N) is 1. The molecule has 0 aliphatic carbocycles. The Morgan fingerprint density at radius 2 is 2.11 bits per heavy atom. The van der Waals surface area contributed by atoms with E-state index in [2.05, 4.69) is 4.98 Å². The molecular weight excluding hydrogens is 250 g/mol. The molecule has 2 rings (SSSR count). The number of anilines is 1. The summed E-state index contributed by atoms with van der Waals surface area (Å²) in [4.78, 5) is 4.48. The number of sulfone groups is 1. The second kappa shape index (κ2) is 4.61. The molecule has 0 aliphatic heterocycles. The van der Waals surface area contributed by atoms with Crippen molar-refractivity contribution in [2.75, 3.05) is 17.7 Å². The fraction of sp³-hybridized carbons (Fsp3) is 0.417. The Hall–Kier alpha value is -1.56. The minimum Gasteiger partial charge on any atom is -0.399 e. The Labute approximate surface area is 107 Å². The van der Waals surface area contributed by atoms with E-state index >= 15 is 0 Å². The standard InChI is InChI=1S/C12H17N3O2S/c1-3-12-14-10-8-9(13)4-5-11(10)15(12)6-7-18(2,16)17/h4-5,8H,3,6-7,13H2,1-2H3. The van der Waals surface area contributed by atoms with E-state index in [1.807, 2.05) is 23.6 Å². The average Bonchev–Trinajstić information content (AvgIpc) is 2.62. The molecule has 0 saturated carbocycles. The Bertz CT molecular complexity index is 674. The molecule has 0 bridgehead atoms. The first-order valence-corrected chi connectivity index (χ1v) is 7.89. The molecule has 0 aliphatic rings. The number of nitrogen functional groups attached to an aromatic ring is 1. The van der Waals surface area contributed by atoms with Crippen molar-refractivity contribution in [2.45, 2.75) is 19.9 Å². The van der Waals surface area contributed by atoms with Gasteiger partial charge in [0.2, 0.25) is 0 Å². The van der Waals surface area contributed by atoms with E-state index in [1.165, 1.54) is 6.26 Å². The van der Waals surface area contributed by atoms with Gasteiger partial charge in [-0.2, -0.15) is 0 Å². The van der Waals surface area contributed by atoms with Gasteiger partial charge in [-0.05, 0) is 18.2 Å². The molecule has 0 fully saturated rings. The van der Waals surface area contributed by atoms with Crippen LogP contribution in [0, 0.1) is 0 Å². The third-order valence-corrected chi connectivity index (χ3v) is 3.78. The molecule has 98 valence electrons. The van der Waals surface area contributed by atoms with Crippen LogP contribution in [-0.2, 0) is 22.8 Å². The summed E-state index contributed by atoms with van der Waals surface area (Å²) in [7, 11) is -2.98. The maximum Gasteiger partial charge on any atom is 0.149 e. The van der Waals surface area contributed by atoms with Crippen molar-refractivity contribution in [2.24, 2.45) is 0 Å². The molecule has 5 nitrogen and oxygen atoms in total. The van der Waals surface area contributed by atoms with Gasteiger partial charge in [0, 0.05) is 24.9 Å². The topological polar surface area (TPSA) is 78.0 Å². The van der Waals surface area contributed by atoms with E-state index in [9.17, 15) is 8.42 Å². The number of hydrogen-bond acceptors (Lipinski definition) is 4. The van der Waals surface area contributed by atoms with Crippen molar-refractivity contribution >= 4 is 26.6 Å². The zero-order valence-corrected chi connectivity index (χ0v) is 11.4. The van der Waals surface area contributed by atoms with Gasteiger partial charge in [0.05, 0.1) is 16.8 Å². The SMILES string of the molecule is CCc1nc2cc(N)ccc2n1CCS(C)(=O)=O. The van der Waals surface area contributed by atoms with Crippen molar-refractivity contribution < 1.29 is 8.42 Å². The van der Waals surface area contributed by atoms with Crippen LogP contribution in [0.2, 0.25) is 0 Å². The zero-order valence-electron chi connectivity index (χ0n) is 10.5. The largest absolute Gasteiger partial charge is 0.399 e. The van der Waals surface area contributed by atoms with Gasteiger partial charge in [-0.25, -0.2) is 13.4 Å². The van der Waals surface area contributed by atoms with Gasteiger partial charge in [-0.15, -0.1) is 0 Å². The molecule has 6 heteroatoms. The van der Waals surface area contributed by atoms with Crippen molar-refractivity contribution in [3.63, 3.8) is 0 Å². The van der Waals surface area contributed by atoms with Crippen molar-refractivity contribution in [3.8, 4) is 0 Å². The van der Waals surface area contributed by atoms with E-state index in [0.29, 0.717) is 12.2 Å². The third-order valence-electron chi connectivity index (χ3n) is 2.85. The Morgan fingerprint density at radius 3 is 2.72 bits per heavy atom. The Balaban J connectivity index is 2.47. The summed E-state index contributed by atoms with van der Waals surface area (Å²) in [5, 5.41) is 0. The lowest BCUT2D eigenvalue weighted by atomic mass is 10.3. The van der Waals surface area contributed by atoms with Gasteiger partial charge in [-0.1, -0.05) is 6.92 Å². The maximum absolute atomic E-state index is 11.3. The molecule has 0 unspecified atom stereocenters. The van der Waals surface area contributed by atoms with Crippen LogP contribution < -0.4 is 5.73 Å². The van der Waals surface area contributed by atoms with Crippen molar-refractivity contribution in [3.05, 3.63) is 24.0 Å². The second-order valence-electron chi connectivity index (χ2n) is 4.41. The van der Waals surface area contributed by atoms with Crippen LogP contribution in [0.4, 0.5) is 5.69 Å². The Kier molecular flexibility index (Phi) is 3.30. The number of nitrogens with zero attached hydrogens (tertiary/aromatic N) is 2. The lowest BCUT2D eigenvalue weighted by Gasteiger charge is -2.07. The van der Waals surface area contributed by atoms with E-state index in [0.717, 1.165) is 23.3 Å². The molecule has 1 aromatic carbocycles. The van der Waals surface area contributed by atoms with E-state index in [1.54, 1.807) is 6.07 Å². The van der Waals surface area contributed by atoms with Crippen LogP contribution in [0.5, 0.6) is 0 Å². The lowest BCUT2D eigenvalue weighted by Crippen LogP contribution is -2.13. The first-order valence-electron chi connectivity index (χ1n) is 5.83. The van der Waals surface area contributed by atoms with Gasteiger partial charge >= 0.3 is 0 Å². The van der Waals surface area contributed by atoms with Crippen LogP contribution in [0.3, 0.4) is 0 Å². The third kappa shape index (κ3) is 2.64. The molecule has 0 atom stereocenters. The van der Waals surface area contributed by atoms with Gasteiger partial charge in [-0.3, -0.25) is 0 Å². The molecule has 1 heterocycles. The highest BCUT2D eigenvalue weighted by atomic mass is 32.2. The highest BCUT2D eigenvalue weighted by Crippen LogP contribution is 2.19. The summed E-state index contributed by atoms with van der Waals surface area (Å²) < 4.78 is 24.5. The van der Waals surface area contributed by atoms with Crippen LogP contribution in [0.15, 0.2) is 18.2 Å². The first kappa shape index (κ1) is 12.9. The van der Waals surface area contributed by atoms with Gasteiger partial charge in [0.1, 0.15) is 15.7 Å². The predicted octanol–water partition coefficient (Wildman–Crippen LogP) is 1.23. The smallest absolute Gasteiger partial charge is 0.149 e. The highest BCUT2D eigenvalue weighted by molar-refractivity contribution is 7.90. The number of imidazole rings is 1. The minimum atomic E-state index is -2.98. The molecule has 0 amide bonds. The summed E-state index contributed by atoms with van der Waals surface area (Å²) in [6.45, 7) is 2.43. The van der Waals surface area contributed by atoms with Crippen LogP contribution in [0.1, 0.15) is 12.7 Å². The van der Waals surface area contributed by atoms with Gasteiger partial charge < -0.3 is 10.3 Å². The molecule has 2 N–H and O–H groups in total. The summed E-state index contributed by atoms with van der Waals surface area (Å²) in [5.74, 6) is 1.01. The van der Waals surface area contributed by atoms with E-state index < -0.39 is 9.84 Å². The Morgan fingerprint density at radius 1 is 1.39 bits per heavy atom. The summed E-state index contributed by atoms with van der Waals surface area (Å²) in [6, 6.07) is 5.50. The molecular formula is C12H17N3O2S. The minimum absolute atomic E-state index is 0.121. The average molecular weight is 267 g/mol. The summed E-state index contributed by atoms with van der Waals surface area (Å²) in [5.41, 5.74) is 8.14. The number of fused-ring (bicyclic) bond motifs is 1. The van der Waals surface area contributed by atoms with Crippen LogP contribution >= 0.6 is 0 Å². The van der Waals surface area contributed by atoms with E-state index in [-0.39, 0.29) is 5.75 Å². The quantitative estimate of drug-likeness (QED) is 0.845. The zero-order chi connectivity index (χ0) is 13.3. The fourth-order valence-corrected chi connectivity index (χ4v) is 2.49. The molecule has 0 spiro atoms. The molecule has 18 heavy (non-hydrogen) atoms. The van der Waals surface area contributed by atoms with Crippen LogP contribution in [0.25, 0.3) is 11.0 Å². The second-order valence-corrected chi connectivity index (χ2v) is 6.67. The number of aryl methyl sites for hydroxylation is 2. The summed E-state index contributed by atoms with van der Waals surface area (Å²) in [6.07, 6.45) is 2.01. The number of benzene rings is 1. The maximum atomic E-state index is 11.3. The van der Waals surface area contributed by atoms with E-state index in [4.69, 9.17) is 5.73 Å². The number of aromatic nitrogens is 2. The summed E-state index contributed by atoms with van der Waals surface area (Å²) >= 11 is 0. The highest BCUT2D eigenvalue weighted by Gasteiger charge is 2.11. The molecule has 1 aromatic heterocycles. The lowest BCUT2D eigenvalue weighted by molar-refractivity contribution is 0.594. The number of rotatable bonds is 4. The van der Waals surface area contributed by atoms with Gasteiger partial charge in [0.15, 0.2) is 0 Å². The van der Waals surface area contributed by atoms with Gasteiger partial charge in [0.25, 0.3) is 0 Å². The molecule has 2 aromatic rings. The number of hydrogen-bond donors (Lipinski definition) is 1. The van der Waals surface area contributed by atoms with Crippen molar-refractivity contribution in [1.82, 2.24) is 9.55 Å². The van der Waals surface area contributed by atoms with Crippen LogP contribution in [-0.4, -0.2) is 30.0 Å². The van der Waals surface area contributed by atoms with Crippen molar-refractivity contribution in [1.29, 1.82) is 0 Å². The predicted molar refractivity (Wildman–Crippen MR) is 73.2 cm³/mol.